The molecule has 7 nitrogen and oxygen atoms in total. The molecule has 0 spiro atoms. The molecular formula is C21H20N2O5. The molecule has 1 atom stereocenters. The summed E-state index contributed by atoms with van der Waals surface area (Å²) in [6.07, 6.45) is 2.89. The van der Waals surface area contributed by atoms with Crippen LogP contribution in [0.25, 0.3) is 6.08 Å². The van der Waals surface area contributed by atoms with Gasteiger partial charge in [0.05, 0.1) is 10.6 Å². The minimum Gasteiger partial charge on any atom is -0.477 e. The first-order valence-electron chi connectivity index (χ1n) is 8.90. The Bertz CT molecular complexity index is 963. The molecule has 1 aliphatic rings. The molecule has 0 aromatic heterocycles. The van der Waals surface area contributed by atoms with Gasteiger partial charge in [-0.05, 0) is 31.0 Å². The lowest BCUT2D eigenvalue weighted by atomic mass is 10.0. The number of hydrogen-bond donors (Lipinski definition) is 0. The van der Waals surface area contributed by atoms with Crippen LogP contribution in [0.1, 0.15) is 36.7 Å². The number of nitrogens with zero attached hydrogens (tertiary/aromatic N) is 2. The van der Waals surface area contributed by atoms with E-state index in [4.69, 9.17) is 4.74 Å². The van der Waals surface area contributed by atoms with Crippen molar-refractivity contribution in [3.05, 3.63) is 69.8 Å². The summed E-state index contributed by atoms with van der Waals surface area (Å²) in [4.78, 5) is 37.6. The highest BCUT2D eigenvalue weighted by atomic mass is 16.6. The second-order valence-electron chi connectivity index (χ2n) is 6.76. The SMILES string of the molecule is C/C=C/c1cccc2c1OC(C(C)C)C(=O)N2C(=O)c1ccc([N+](=O)[O-])cc1. The third-order valence-corrected chi connectivity index (χ3v) is 4.45. The lowest BCUT2D eigenvalue weighted by Crippen LogP contribution is -2.51. The van der Waals surface area contributed by atoms with Gasteiger partial charge in [0.1, 0.15) is 0 Å². The molecule has 0 N–H and O–H groups in total. The van der Waals surface area contributed by atoms with Gasteiger partial charge in [0.2, 0.25) is 0 Å². The molecule has 0 fully saturated rings. The minimum absolute atomic E-state index is 0.124. The number of fused-ring (bicyclic) bond motifs is 1. The zero-order chi connectivity index (χ0) is 20.4. The molecule has 0 aliphatic carbocycles. The van der Waals surface area contributed by atoms with Crippen LogP contribution in [-0.4, -0.2) is 22.8 Å². The van der Waals surface area contributed by atoms with E-state index in [1.807, 2.05) is 39.0 Å². The van der Waals surface area contributed by atoms with Gasteiger partial charge in [-0.25, -0.2) is 4.90 Å². The van der Waals surface area contributed by atoms with Crippen molar-refractivity contribution in [1.29, 1.82) is 0 Å². The van der Waals surface area contributed by atoms with Crippen molar-refractivity contribution in [2.24, 2.45) is 5.92 Å². The van der Waals surface area contributed by atoms with Crippen LogP contribution in [-0.2, 0) is 4.79 Å². The Morgan fingerprint density at radius 3 is 2.46 bits per heavy atom. The number of imide groups is 1. The predicted molar refractivity (Wildman–Crippen MR) is 105 cm³/mol. The molecule has 0 bridgehead atoms. The number of carbonyl (C=O) groups excluding carboxylic acids is 2. The molecule has 144 valence electrons. The highest BCUT2D eigenvalue weighted by molar-refractivity contribution is 6.24. The van der Waals surface area contributed by atoms with E-state index in [2.05, 4.69) is 0 Å². The average molecular weight is 380 g/mol. The molecule has 7 heteroatoms. The van der Waals surface area contributed by atoms with Crippen LogP contribution < -0.4 is 9.64 Å². The van der Waals surface area contributed by atoms with Gasteiger partial charge in [-0.2, -0.15) is 0 Å². The molecule has 3 rings (SSSR count). The molecule has 1 aliphatic heterocycles. The number of carbonyl (C=O) groups is 2. The van der Waals surface area contributed by atoms with Crippen LogP contribution in [0.2, 0.25) is 0 Å². The maximum Gasteiger partial charge on any atom is 0.275 e. The lowest BCUT2D eigenvalue weighted by Gasteiger charge is -2.35. The van der Waals surface area contributed by atoms with Gasteiger partial charge < -0.3 is 4.74 Å². The minimum atomic E-state index is -0.805. The Hall–Kier alpha value is -3.48. The number of allylic oxidation sites excluding steroid dienone is 1. The van der Waals surface area contributed by atoms with Gasteiger partial charge in [-0.15, -0.1) is 0 Å². The summed E-state index contributed by atoms with van der Waals surface area (Å²) >= 11 is 0. The second-order valence-corrected chi connectivity index (χ2v) is 6.76. The van der Waals surface area contributed by atoms with Crippen LogP contribution in [0.3, 0.4) is 0 Å². The fourth-order valence-electron chi connectivity index (χ4n) is 3.07. The highest BCUT2D eigenvalue weighted by Crippen LogP contribution is 2.40. The van der Waals surface area contributed by atoms with Gasteiger partial charge in [-0.1, -0.05) is 38.1 Å². The van der Waals surface area contributed by atoms with Crippen molar-refractivity contribution >= 4 is 29.3 Å². The number of nitro benzene ring substituents is 1. The number of nitro groups is 1. The normalized spacial score (nSPS) is 16.2. The second kappa shape index (κ2) is 7.64. The van der Waals surface area contributed by atoms with Gasteiger partial charge in [0.25, 0.3) is 17.5 Å². The van der Waals surface area contributed by atoms with E-state index in [0.29, 0.717) is 11.4 Å². The van der Waals surface area contributed by atoms with E-state index >= 15 is 0 Å². The monoisotopic (exact) mass is 380 g/mol. The molecule has 0 radical (unpaired) electrons. The van der Waals surface area contributed by atoms with E-state index in [9.17, 15) is 19.7 Å². The van der Waals surface area contributed by atoms with Crippen molar-refractivity contribution in [2.45, 2.75) is 26.9 Å². The molecular weight excluding hydrogens is 360 g/mol. The Morgan fingerprint density at radius 2 is 1.89 bits per heavy atom. The van der Waals surface area contributed by atoms with Gasteiger partial charge in [-0.3, -0.25) is 19.7 Å². The Balaban J connectivity index is 2.10. The highest BCUT2D eigenvalue weighted by Gasteiger charge is 2.40. The smallest absolute Gasteiger partial charge is 0.275 e. The number of hydrogen-bond acceptors (Lipinski definition) is 5. The number of anilines is 1. The molecule has 1 unspecified atom stereocenters. The van der Waals surface area contributed by atoms with Crippen LogP contribution in [0.5, 0.6) is 5.75 Å². The standard InChI is InChI=1S/C21H20N2O5/c1-4-6-14-7-5-8-17-19(14)28-18(13(2)3)21(25)22(17)20(24)15-9-11-16(12-10-15)23(26)27/h4-13,18H,1-3H3/b6-4+. The summed E-state index contributed by atoms with van der Waals surface area (Å²) < 4.78 is 5.97. The van der Waals surface area contributed by atoms with E-state index in [1.165, 1.54) is 24.3 Å². The largest absolute Gasteiger partial charge is 0.477 e. The van der Waals surface area contributed by atoms with E-state index in [0.717, 1.165) is 10.5 Å². The van der Waals surface area contributed by atoms with Crippen LogP contribution in [0.15, 0.2) is 48.5 Å². The predicted octanol–water partition coefficient (Wildman–Crippen LogP) is 4.22. The molecule has 2 aromatic carbocycles. The maximum absolute atomic E-state index is 13.2. The van der Waals surface area contributed by atoms with Gasteiger partial charge >= 0.3 is 0 Å². The van der Waals surface area contributed by atoms with Crippen molar-refractivity contribution in [1.82, 2.24) is 0 Å². The number of non-ortho nitro benzene ring substituents is 1. The quantitative estimate of drug-likeness (QED) is 0.450. The van der Waals surface area contributed by atoms with Crippen molar-refractivity contribution < 1.29 is 19.2 Å². The van der Waals surface area contributed by atoms with Crippen molar-refractivity contribution in [3.63, 3.8) is 0 Å². The summed E-state index contributed by atoms with van der Waals surface area (Å²) in [5, 5.41) is 10.8. The molecule has 2 aromatic rings. The molecule has 1 heterocycles. The average Bonchev–Trinajstić information content (AvgIpc) is 2.67. The van der Waals surface area contributed by atoms with Crippen LogP contribution >= 0.6 is 0 Å². The first-order valence-corrected chi connectivity index (χ1v) is 8.90. The summed E-state index contributed by atoms with van der Waals surface area (Å²) in [5.41, 5.74) is 1.19. The van der Waals surface area contributed by atoms with Crippen molar-refractivity contribution in [3.8, 4) is 5.75 Å². The maximum atomic E-state index is 13.2. The van der Waals surface area contributed by atoms with E-state index in [-0.39, 0.29) is 17.2 Å². The number of ether oxygens (including phenoxy) is 1. The number of amides is 2. The lowest BCUT2D eigenvalue weighted by molar-refractivity contribution is -0.384. The van der Waals surface area contributed by atoms with Crippen LogP contribution in [0, 0.1) is 16.0 Å². The van der Waals surface area contributed by atoms with Crippen molar-refractivity contribution in [2.75, 3.05) is 4.90 Å². The third-order valence-electron chi connectivity index (χ3n) is 4.45. The van der Waals surface area contributed by atoms with Gasteiger partial charge in [0, 0.05) is 23.3 Å². The fourth-order valence-corrected chi connectivity index (χ4v) is 3.07. The summed E-state index contributed by atoms with van der Waals surface area (Å²) in [6, 6.07) is 10.4. The summed E-state index contributed by atoms with van der Waals surface area (Å²) in [6.45, 7) is 5.56. The molecule has 28 heavy (non-hydrogen) atoms. The summed E-state index contributed by atoms with van der Waals surface area (Å²) in [7, 11) is 0. The Labute approximate surface area is 162 Å². The van der Waals surface area contributed by atoms with E-state index < -0.39 is 22.8 Å². The fraction of sp³-hybridized carbons (Fsp3) is 0.238. The molecule has 0 saturated carbocycles. The Morgan fingerprint density at radius 1 is 1.21 bits per heavy atom. The summed E-state index contributed by atoms with van der Waals surface area (Å²) in [5.74, 6) is -0.683. The van der Waals surface area contributed by atoms with E-state index in [1.54, 1.807) is 12.1 Å². The zero-order valence-corrected chi connectivity index (χ0v) is 15.8. The first kappa shape index (κ1) is 19.3. The van der Waals surface area contributed by atoms with Crippen LogP contribution in [0.4, 0.5) is 11.4 Å². The first-order chi connectivity index (χ1) is 13.3. The number of rotatable bonds is 4. The number of benzene rings is 2. The number of para-hydroxylation sites is 1. The zero-order valence-electron chi connectivity index (χ0n) is 15.8. The molecule has 0 saturated heterocycles. The topological polar surface area (TPSA) is 89.8 Å². The molecule has 2 amide bonds. The third kappa shape index (κ3) is 3.38. The Kier molecular flexibility index (Phi) is 5.26. The van der Waals surface area contributed by atoms with Gasteiger partial charge in [0.15, 0.2) is 11.9 Å².